The molecule has 1 aromatic heterocycles. The van der Waals surface area contributed by atoms with E-state index in [4.69, 9.17) is 4.74 Å². The van der Waals surface area contributed by atoms with Crippen molar-refractivity contribution in [1.29, 1.82) is 5.26 Å². The average molecular weight is 361 g/mol. The molecule has 0 atom stereocenters. The maximum Gasteiger partial charge on any atom is 0.489 e. The number of carbonyl (C=O) groups excluding carboxylic acids is 1. The Morgan fingerprint density at radius 3 is 2.63 bits per heavy atom. The van der Waals surface area contributed by atoms with E-state index < -0.39 is 7.12 Å². The van der Waals surface area contributed by atoms with Crippen molar-refractivity contribution in [2.75, 3.05) is 0 Å². The molecule has 3 rings (SSSR count). The number of aryl methyl sites for hydroxylation is 1. The van der Waals surface area contributed by atoms with Crippen molar-refractivity contribution >= 4 is 18.9 Å². The third-order valence-electron chi connectivity index (χ3n) is 4.11. The van der Waals surface area contributed by atoms with Gasteiger partial charge in [0.05, 0.1) is 17.1 Å². The topological polar surface area (TPSA) is 108 Å². The Morgan fingerprint density at radius 2 is 2.00 bits per heavy atom. The van der Waals surface area contributed by atoms with Crippen LogP contribution in [0.5, 0.6) is 5.75 Å². The molecule has 1 heterocycles. The first-order chi connectivity index (χ1) is 13.0. The van der Waals surface area contributed by atoms with Crippen LogP contribution in [-0.2, 0) is 6.61 Å². The Labute approximate surface area is 156 Å². The van der Waals surface area contributed by atoms with Crippen LogP contribution >= 0.6 is 0 Å². The molecule has 0 aliphatic rings. The molecule has 134 valence electrons. The van der Waals surface area contributed by atoms with Gasteiger partial charge in [0.25, 0.3) is 0 Å². The van der Waals surface area contributed by atoms with Crippen LogP contribution in [0.25, 0.3) is 5.69 Å². The molecule has 7 nitrogen and oxygen atoms in total. The summed E-state index contributed by atoms with van der Waals surface area (Å²) in [7, 11) is -1.74. The van der Waals surface area contributed by atoms with Gasteiger partial charge in [0.2, 0.25) is 0 Å². The Hall–Kier alpha value is -3.41. The highest BCUT2D eigenvalue weighted by Crippen LogP contribution is 2.21. The Balaban J connectivity index is 1.93. The molecule has 2 aromatic carbocycles. The molecule has 0 spiro atoms. The van der Waals surface area contributed by atoms with Crippen LogP contribution < -0.4 is 10.2 Å². The molecule has 3 aromatic rings. The number of nitrogens with zero attached hydrogens (tertiary/aromatic N) is 3. The van der Waals surface area contributed by atoms with Crippen molar-refractivity contribution in [1.82, 2.24) is 9.78 Å². The molecular weight excluding hydrogens is 345 g/mol. The van der Waals surface area contributed by atoms with E-state index in [1.807, 2.05) is 30.3 Å². The highest BCUT2D eigenvalue weighted by Gasteiger charge is 2.19. The lowest BCUT2D eigenvalue weighted by Crippen LogP contribution is -2.32. The zero-order valence-corrected chi connectivity index (χ0v) is 14.5. The van der Waals surface area contributed by atoms with Gasteiger partial charge in [0.15, 0.2) is 0 Å². The van der Waals surface area contributed by atoms with Crippen LogP contribution in [0.3, 0.4) is 0 Å². The second-order valence-electron chi connectivity index (χ2n) is 5.84. The molecule has 0 fully saturated rings. The van der Waals surface area contributed by atoms with E-state index in [0.717, 1.165) is 5.69 Å². The standard InChI is InChI=1S/C19H16BN3O4/c1-13-17(10-21)19(23(22-13)15-5-3-2-4-6-15)12-27-16-7-8-18(20(25)26)14(9-16)11-24/h2-9,11,25-26H,12H2,1H3. The zero-order chi connectivity index (χ0) is 19.4. The molecule has 2 N–H and O–H groups in total. The molecule has 8 heteroatoms. The summed E-state index contributed by atoms with van der Waals surface area (Å²) in [5.41, 5.74) is 2.62. The smallest absolute Gasteiger partial charge is 0.487 e. The van der Waals surface area contributed by atoms with Gasteiger partial charge < -0.3 is 14.8 Å². The van der Waals surface area contributed by atoms with Gasteiger partial charge in [-0.15, -0.1) is 0 Å². The third-order valence-corrected chi connectivity index (χ3v) is 4.11. The summed E-state index contributed by atoms with van der Waals surface area (Å²) in [4.78, 5) is 11.2. The fourth-order valence-corrected chi connectivity index (χ4v) is 2.77. The lowest BCUT2D eigenvalue weighted by molar-refractivity contribution is 0.112. The van der Waals surface area contributed by atoms with Crippen LogP contribution in [0.2, 0.25) is 0 Å². The lowest BCUT2D eigenvalue weighted by Gasteiger charge is -2.11. The molecule has 0 saturated heterocycles. The lowest BCUT2D eigenvalue weighted by atomic mass is 9.77. The van der Waals surface area contributed by atoms with Crippen LogP contribution in [-0.4, -0.2) is 33.2 Å². The molecule has 0 radical (unpaired) electrons. The number of para-hydroxylation sites is 1. The normalized spacial score (nSPS) is 10.3. The summed E-state index contributed by atoms with van der Waals surface area (Å²) in [6.45, 7) is 1.81. The van der Waals surface area contributed by atoms with Gasteiger partial charge >= 0.3 is 7.12 Å². The Bertz CT molecular complexity index is 1010. The number of hydrogen-bond acceptors (Lipinski definition) is 6. The van der Waals surface area contributed by atoms with E-state index in [0.29, 0.717) is 29.0 Å². The van der Waals surface area contributed by atoms with E-state index >= 15 is 0 Å². The van der Waals surface area contributed by atoms with E-state index in [1.54, 1.807) is 11.6 Å². The minimum atomic E-state index is -1.74. The molecule has 0 unspecified atom stereocenters. The molecule has 0 bridgehead atoms. The summed E-state index contributed by atoms with van der Waals surface area (Å²) in [5, 5.41) is 32.5. The van der Waals surface area contributed by atoms with E-state index in [1.165, 1.54) is 18.2 Å². The van der Waals surface area contributed by atoms with Crippen molar-refractivity contribution in [3.8, 4) is 17.5 Å². The fourth-order valence-electron chi connectivity index (χ4n) is 2.77. The van der Waals surface area contributed by atoms with Gasteiger partial charge in [-0.1, -0.05) is 24.3 Å². The average Bonchev–Trinajstić information content (AvgIpc) is 3.01. The molecule has 0 amide bonds. The second-order valence-corrected chi connectivity index (χ2v) is 5.84. The van der Waals surface area contributed by atoms with Gasteiger partial charge in [-0.2, -0.15) is 10.4 Å². The Kier molecular flexibility index (Phi) is 5.36. The summed E-state index contributed by atoms with van der Waals surface area (Å²) in [6, 6.07) is 15.9. The largest absolute Gasteiger partial charge is 0.489 e. The Morgan fingerprint density at radius 1 is 1.26 bits per heavy atom. The fraction of sp³-hybridized carbons (Fsp3) is 0.105. The minimum Gasteiger partial charge on any atom is -0.487 e. The number of aromatic nitrogens is 2. The number of rotatable bonds is 6. The first-order valence-electron chi connectivity index (χ1n) is 8.17. The monoisotopic (exact) mass is 361 g/mol. The van der Waals surface area contributed by atoms with Crippen LogP contribution in [0.4, 0.5) is 0 Å². The quantitative estimate of drug-likeness (QED) is 0.503. The predicted octanol–water partition coefficient (Wildman–Crippen LogP) is 1.12. The van der Waals surface area contributed by atoms with E-state index in [-0.39, 0.29) is 17.6 Å². The number of carbonyl (C=O) groups is 1. The van der Waals surface area contributed by atoms with Gasteiger partial charge in [-0.25, -0.2) is 4.68 Å². The summed E-state index contributed by atoms with van der Waals surface area (Å²) in [6.07, 6.45) is 0.528. The van der Waals surface area contributed by atoms with Crippen LogP contribution in [0, 0.1) is 18.3 Å². The van der Waals surface area contributed by atoms with Crippen molar-refractivity contribution in [2.45, 2.75) is 13.5 Å². The van der Waals surface area contributed by atoms with Gasteiger partial charge in [-0.3, -0.25) is 4.79 Å². The van der Waals surface area contributed by atoms with Crippen LogP contribution in [0.15, 0.2) is 48.5 Å². The van der Waals surface area contributed by atoms with Crippen molar-refractivity contribution in [2.24, 2.45) is 0 Å². The molecule has 27 heavy (non-hydrogen) atoms. The highest BCUT2D eigenvalue weighted by molar-refractivity contribution is 6.60. The first kappa shape index (κ1) is 18.4. The van der Waals surface area contributed by atoms with E-state index in [9.17, 15) is 20.1 Å². The maximum atomic E-state index is 11.2. The van der Waals surface area contributed by atoms with Gasteiger partial charge in [-0.05, 0) is 36.7 Å². The highest BCUT2D eigenvalue weighted by atomic mass is 16.5. The number of benzene rings is 2. The zero-order valence-electron chi connectivity index (χ0n) is 14.5. The molecule has 0 saturated carbocycles. The number of ether oxygens (including phenoxy) is 1. The van der Waals surface area contributed by atoms with Crippen LogP contribution in [0.1, 0.15) is 27.3 Å². The third kappa shape index (κ3) is 3.74. The maximum absolute atomic E-state index is 11.2. The van der Waals surface area contributed by atoms with Gasteiger partial charge in [0.1, 0.15) is 30.3 Å². The van der Waals surface area contributed by atoms with Gasteiger partial charge in [0, 0.05) is 5.56 Å². The summed E-state index contributed by atoms with van der Waals surface area (Å²) >= 11 is 0. The molecule has 0 aliphatic carbocycles. The van der Waals surface area contributed by atoms with E-state index in [2.05, 4.69) is 11.2 Å². The van der Waals surface area contributed by atoms with Crippen molar-refractivity contribution in [3.63, 3.8) is 0 Å². The number of aldehydes is 1. The summed E-state index contributed by atoms with van der Waals surface area (Å²) < 4.78 is 7.41. The minimum absolute atomic E-state index is 0.0535. The number of hydrogen-bond donors (Lipinski definition) is 2. The van der Waals surface area contributed by atoms with Crippen molar-refractivity contribution in [3.05, 3.63) is 71.0 Å². The molecule has 0 aliphatic heterocycles. The number of nitriles is 1. The molecular formula is C19H16BN3O4. The van der Waals surface area contributed by atoms with Crippen molar-refractivity contribution < 1.29 is 19.6 Å². The second kappa shape index (κ2) is 7.87. The SMILES string of the molecule is Cc1nn(-c2ccccc2)c(COc2ccc(B(O)O)c(C=O)c2)c1C#N. The predicted molar refractivity (Wildman–Crippen MR) is 99.0 cm³/mol. The first-order valence-corrected chi connectivity index (χ1v) is 8.17. The summed E-state index contributed by atoms with van der Waals surface area (Å²) in [5.74, 6) is 0.365.